The van der Waals surface area contributed by atoms with E-state index in [1.807, 2.05) is 13.0 Å². The number of amides is 3. The molecule has 1 aromatic heterocycles. The van der Waals surface area contributed by atoms with E-state index in [1.165, 1.54) is 11.1 Å². The number of nitrogens with one attached hydrogen (secondary N) is 2. The molecule has 0 radical (unpaired) electrons. The molecular weight excluding hydrogens is 318 g/mol. The lowest BCUT2D eigenvalue weighted by atomic mass is 10.1. The summed E-state index contributed by atoms with van der Waals surface area (Å²) in [5.41, 5.74) is 4.25. The van der Waals surface area contributed by atoms with Crippen molar-refractivity contribution >= 4 is 23.4 Å². The number of carbonyl (C=O) groups is 2. The monoisotopic (exact) mass is 341 g/mol. The van der Waals surface area contributed by atoms with Crippen LogP contribution in [-0.4, -0.2) is 35.3 Å². The van der Waals surface area contributed by atoms with Gasteiger partial charge in [0, 0.05) is 31.0 Å². The molecule has 0 saturated carbocycles. The van der Waals surface area contributed by atoms with Gasteiger partial charge in [-0.15, -0.1) is 0 Å². The minimum absolute atomic E-state index is 0.130. The molecule has 2 aromatic rings. The number of aromatic nitrogens is 2. The van der Waals surface area contributed by atoms with Crippen LogP contribution in [0, 0.1) is 6.92 Å². The van der Waals surface area contributed by atoms with E-state index in [-0.39, 0.29) is 18.5 Å². The zero-order chi connectivity index (χ0) is 18.0. The second kappa shape index (κ2) is 6.96. The van der Waals surface area contributed by atoms with Gasteiger partial charge in [-0.2, -0.15) is 5.10 Å². The second-order valence-electron chi connectivity index (χ2n) is 6.15. The van der Waals surface area contributed by atoms with Crippen LogP contribution in [0.3, 0.4) is 0 Å². The number of urea groups is 1. The Morgan fingerprint density at radius 1 is 1.28 bits per heavy atom. The number of benzene rings is 1. The van der Waals surface area contributed by atoms with Crippen molar-refractivity contribution in [2.45, 2.75) is 33.2 Å². The highest BCUT2D eigenvalue weighted by Gasteiger charge is 2.25. The van der Waals surface area contributed by atoms with Crippen LogP contribution in [0.5, 0.6) is 0 Å². The minimum atomic E-state index is -0.201. The normalized spacial score (nSPS) is 12.8. The van der Waals surface area contributed by atoms with Crippen LogP contribution in [0.4, 0.5) is 16.3 Å². The fourth-order valence-corrected chi connectivity index (χ4v) is 3.01. The lowest BCUT2D eigenvalue weighted by molar-refractivity contribution is -0.121. The molecule has 3 rings (SSSR count). The highest BCUT2D eigenvalue weighted by atomic mass is 16.2. The number of anilines is 2. The van der Waals surface area contributed by atoms with Crippen LogP contribution in [0.25, 0.3) is 0 Å². The third-order valence-corrected chi connectivity index (χ3v) is 4.48. The van der Waals surface area contributed by atoms with Crippen molar-refractivity contribution in [3.8, 4) is 0 Å². The Morgan fingerprint density at radius 3 is 2.80 bits per heavy atom. The van der Waals surface area contributed by atoms with Crippen LogP contribution in [0.1, 0.15) is 23.7 Å². The van der Waals surface area contributed by atoms with Crippen LogP contribution in [-0.2, 0) is 24.2 Å². The number of nitrogens with zero attached hydrogens (tertiary/aromatic N) is 3. The van der Waals surface area contributed by atoms with Crippen LogP contribution in [0.2, 0.25) is 0 Å². The summed E-state index contributed by atoms with van der Waals surface area (Å²) in [5.74, 6) is 0.314. The van der Waals surface area contributed by atoms with Crippen molar-refractivity contribution in [2.75, 3.05) is 23.8 Å². The maximum Gasteiger partial charge on any atom is 0.327 e. The number of rotatable bonds is 4. The molecule has 1 aliphatic rings. The SMILES string of the molecule is CCc1ccc2c(c1)CCN2C(=O)Nc1cc(C)n(CC(=O)NC)n1. The Bertz CT molecular complexity index is 812. The largest absolute Gasteiger partial charge is 0.358 e. The summed E-state index contributed by atoms with van der Waals surface area (Å²) in [6, 6.07) is 7.80. The van der Waals surface area contributed by atoms with E-state index in [2.05, 4.69) is 34.8 Å². The number of fused-ring (bicyclic) bond motifs is 1. The molecule has 0 aliphatic carbocycles. The van der Waals surface area contributed by atoms with Gasteiger partial charge in [-0.3, -0.25) is 19.7 Å². The molecule has 2 N–H and O–H groups in total. The highest BCUT2D eigenvalue weighted by Crippen LogP contribution is 2.29. The van der Waals surface area contributed by atoms with E-state index >= 15 is 0 Å². The number of aryl methyl sites for hydroxylation is 2. The second-order valence-corrected chi connectivity index (χ2v) is 6.15. The smallest absolute Gasteiger partial charge is 0.327 e. The molecule has 0 fully saturated rings. The van der Waals surface area contributed by atoms with E-state index in [0.717, 1.165) is 24.2 Å². The van der Waals surface area contributed by atoms with E-state index in [9.17, 15) is 9.59 Å². The standard InChI is InChI=1S/C18H23N5O2/c1-4-13-5-6-15-14(10-13)7-8-22(15)18(25)20-16-9-12(2)23(21-16)11-17(24)19-3/h5-6,9-10H,4,7-8,11H2,1-3H3,(H,19,24)(H,20,21,25). The molecule has 0 spiro atoms. The van der Waals surface area contributed by atoms with Gasteiger partial charge in [0.25, 0.3) is 0 Å². The van der Waals surface area contributed by atoms with Gasteiger partial charge in [0.05, 0.1) is 0 Å². The zero-order valence-electron chi connectivity index (χ0n) is 14.8. The lowest BCUT2D eigenvalue weighted by Gasteiger charge is -2.17. The van der Waals surface area contributed by atoms with Crippen LogP contribution >= 0.6 is 0 Å². The molecule has 0 atom stereocenters. The topological polar surface area (TPSA) is 79.3 Å². The van der Waals surface area contributed by atoms with Gasteiger partial charge >= 0.3 is 6.03 Å². The van der Waals surface area contributed by atoms with Crippen LogP contribution < -0.4 is 15.5 Å². The summed E-state index contributed by atoms with van der Waals surface area (Å²) in [6.45, 7) is 4.76. The first-order chi connectivity index (χ1) is 12.0. The molecule has 7 nitrogen and oxygen atoms in total. The molecule has 1 aromatic carbocycles. The molecule has 0 bridgehead atoms. The molecule has 25 heavy (non-hydrogen) atoms. The quantitative estimate of drug-likeness (QED) is 0.894. The van der Waals surface area contributed by atoms with Gasteiger partial charge < -0.3 is 5.32 Å². The Kier molecular flexibility index (Phi) is 4.74. The number of carbonyl (C=O) groups excluding carboxylic acids is 2. The van der Waals surface area contributed by atoms with Gasteiger partial charge in [-0.1, -0.05) is 19.1 Å². The minimum Gasteiger partial charge on any atom is -0.358 e. The van der Waals surface area contributed by atoms with E-state index in [4.69, 9.17) is 0 Å². The van der Waals surface area contributed by atoms with Crippen LogP contribution in [0.15, 0.2) is 24.3 Å². The maximum absolute atomic E-state index is 12.6. The third kappa shape index (κ3) is 3.50. The van der Waals surface area contributed by atoms with Crippen molar-refractivity contribution in [3.05, 3.63) is 41.1 Å². The lowest BCUT2D eigenvalue weighted by Crippen LogP contribution is -2.33. The average Bonchev–Trinajstić information content (AvgIpc) is 3.17. The average molecular weight is 341 g/mol. The highest BCUT2D eigenvalue weighted by molar-refractivity contribution is 6.02. The summed E-state index contributed by atoms with van der Waals surface area (Å²) in [6.07, 6.45) is 1.85. The van der Waals surface area contributed by atoms with E-state index in [0.29, 0.717) is 12.4 Å². The maximum atomic E-state index is 12.6. The Morgan fingerprint density at radius 2 is 2.08 bits per heavy atom. The Hall–Kier alpha value is -2.83. The summed E-state index contributed by atoms with van der Waals surface area (Å²) in [4.78, 5) is 25.9. The van der Waals surface area contributed by atoms with Crippen molar-refractivity contribution in [2.24, 2.45) is 0 Å². The summed E-state index contributed by atoms with van der Waals surface area (Å²) < 4.78 is 1.57. The zero-order valence-corrected chi connectivity index (χ0v) is 14.8. The van der Waals surface area contributed by atoms with Gasteiger partial charge in [-0.25, -0.2) is 4.79 Å². The van der Waals surface area contributed by atoms with Crippen molar-refractivity contribution in [1.82, 2.24) is 15.1 Å². The van der Waals surface area contributed by atoms with Gasteiger partial charge in [0.15, 0.2) is 5.82 Å². The van der Waals surface area contributed by atoms with Gasteiger partial charge in [0.2, 0.25) is 5.91 Å². The van der Waals surface area contributed by atoms with Crippen molar-refractivity contribution in [1.29, 1.82) is 0 Å². The fraction of sp³-hybridized carbons (Fsp3) is 0.389. The van der Waals surface area contributed by atoms with E-state index in [1.54, 1.807) is 22.7 Å². The number of likely N-dealkylation sites (N-methyl/N-ethyl adjacent to an activating group) is 1. The van der Waals surface area contributed by atoms with Crippen molar-refractivity contribution < 1.29 is 9.59 Å². The molecule has 7 heteroatoms. The number of hydrogen-bond acceptors (Lipinski definition) is 3. The Balaban J connectivity index is 1.72. The van der Waals surface area contributed by atoms with Crippen molar-refractivity contribution in [3.63, 3.8) is 0 Å². The van der Waals surface area contributed by atoms with Gasteiger partial charge in [-0.05, 0) is 37.0 Å². The molecule has 132 valence electrons. The Labute approximate surface area is 147 Å². The first kappa shape index (κ1) is 17.0. The van der Waals surface area contributed by atoms with E-state index < -0.39 is 0 Å². The predicted molar refractivity (Wildman–Crippen MR) is 96.9 cm³/mol. The molecular formula is C18H23N5O2. The number of hydrogen-bond donors (Lipinski definition) is 2. The predicted octanol–water partition coefficient (Wildman–Crippen LogP) is 2.09. The first-order valence-corrected chi connectivity index (χ1v) is 8.47. The summed E-state index contributed by atoms with van der Waals surface area (Å²) >= 11 is 0. The third-order valence-electron chi connectivity index (χ3n) is 4.48. The molecule has 0 saturated heterocycles. The molecule has 0 unspecified atom stereocenters. The molecule has 2 heterocycles. The summed E-state index contributed by atoms with van der Waals surface area (Å²) in [7, 11) is 1.58. The molecule has 1 aliphatic heterocycles. The first-order valence-electron chi connectivity index (χ1n) is 8.47. The molecule has 3 amide bonds. The van der Waals surface area contributed by atoms with Gasteiger partial charge in [0.1, 0.15) is 6.54 Å². The summed E-state index contributed by atoms with van der Waals surface area (Å²) in [5, 5.41) is 9.68. The fourth-order valence-electron chi connectivity index (χ4n) is 3.01.